The maximum atomic E-state index is 11.9. The second-order valence-electron chi connectivity index (χ2n) is 14.6. The van der Waals surface area contributed by atoms with Gasteiger partial charge in [-0.2, -0.15) is 0 Å². The van der Waals surface area contributed by atoms with E-state index in [-0.39, 0.29) is 5.78 Å². The molecule has 59 heavy (non-hydrogen) atoms. The molecular weight excluding hydrogens is 725 g/mol. The molecule has 8 aromatic rings. The number of aryl methyl sites for hydroxylation is 4. The number of aromatic nitrogens is 4. The standard InChI is InChI=1S/C26H27N3.C16H14N2O.C10H15N/c1-4-9-22(28-24-18(5-2)10-7-11-19(24)6-3)23-16-15-21-14-13-20-12-8-17-27-25(20)26(21)29-23;1-2-4-14(19)13-9-8-12-7-6-11-5-3-10-17-15(11)16(12)18-13;1-3-8-6-5-7-9(4-2)10(8)11/h7-8,10-17H,4-6,9H2,1-3H3;3,5-10H,2,4H2,1H3;5-7H,3-4,11H2,1-2H3. The Kier molecular flexibility index (Phi) is 14.6. The van der Waals surface area contributed by atoms with Crippen molar-refractivity contribution in [1.82, 2.24) is 19.9 Å². The maximum absolute atomic E-state index is 11.9. The highest BCUT2D eigenvalue weighted by Gasteiger charge is 2.13. The van der Waals surface area contributed by atoms with Crippen molar-refractivity contribution in [3.63, 3.8) is 0 Å². The van der Waals surface area contributed by atoms with Crippen molar-refractivity contribution in [2.45, 2.75) is 92.9 Å². The number of para-hydroxylation sites is 2. The zero-order valence-electron chi connectivity index (χ0n) is 35.4. The number of carbonyl (C=O) groups is 1. The Balaban J connectivity index is 0.000000166. The molecule has 7 nitrogen and oxygen atoms in total. The molecule has 0 aliphatic carbocycles. The molecule has 4 heterocycles. The number of nitrogen functional groups attached to an aromatic ring is 1. The smallest absolute Gasteiger partial charge is 0.181 e. The van der Waals surface area contributed by atoms with Crippen molar-refractivity contribution in [2.75, 3.05) is 5.73 Å². The second kappa shape index (κ2) is 20.4. The van der Waals surface area contributed by atoms with Crippen molar-refractivity contribution in [3.8, 4) is 0 Å². The first-order chi connectivity index (χ1) is 28.8. The van der Waals surface area contributed by atoms with Crippen molar-refractivity contribution in [3.05, 3.63) is 155 Å². The van der Waals surface area contributed by atoms with Gasteiger partial charge >= 0.3 is 0 Å². The van der Waals surface area contributed by atoms with Crippen LogP contribution in [0, 0.1) is 0 Å². The Morgan fingerprint density at radius 2 is 0.915 bits per heavy atom. The van der Waals surface area contributed by atoms with Crippen LogP contribution in [0.1, 0.15) is 106 Å². The molecule has 4 aromatic carbocycles. The van der Waals surface area contributed by atoms with E-state index in [9.17, 15) is 4.79 Å². The summed E-state index contributed by atoms with van der Waals surface area (Å²) in [6.07, 6.45) is 10.9. The van der Waals surface area contributed by atoms with Gasteiger partial charge in [0.25, 0.3) is 0 Å². The maximum Gasteiger partial charge on any atom is 0.181 e. The first-order valence-electron chi connectivity index (χ1n) is 21.2. The van der Waals surface area contributed by atoms with Crippen LogP contribution >= 0.6 is 0 Å². The molecule has 0 saturated carbocycles. The first-order valence-corrected chi connectivity index (χ1v) is 21.2. The monoisotopic (exact) mass is 780 g/mol. The second-order valence-corrected chi connectivity index (χ2v) is 14.6. The molecule has 0 saturated heterocycles. The summed E-state index contributed by atoms with van der Waals surface area (Å²) in [4.78, 5) is 35.6. The molecule has 0 fully saturated rings. The lowest BCUT2D eigenvalue weighted by Crippen LogP contribution is -2.05. The molecular formula is C52H56N6O. The van der Waals surface area contributed by atoms with E-state index >= 15 is 0 Å². The quantitative estimate of drug-likeness (QED) is 0.0606. The number of rotatable bonds is 11. The number of ketones is 1. The molecule has 4 aromatic heterocycles. The van der Waals surface area contributed by atoms with Gasteiger partial charge in [-0.25, -0.2) is 9.97 Å². The normalized spacial score (nSPS) is 11.3. The van der Waals surface area contributed by atoms with Gasteiger partial charge in [0.2, 0.25) is 0 Å². The highest BCUT2D eigenvalue weighted by molar-refractivity contribution is 6.07. The largest absolute Gasteiger partial charge is 0.398 e. The van der Waals surface area contributed by atoms with Gasteiger partial charge in [-0.3, -0.25) is 19.8 Å². The number of anilines is 1. The lowest BCUT2D eigenvalue weighted by atomic mass is 10.0. The van der Waals surface area contributed by atoms with Crippen LogP contribution in [0.5, 0.6) is 0 Å². The number of hydrogen-bond acceptors (Lipinski definition) is 7. The topological polar surface area (TPSA) is 107 Å². The van der Waals surface area contributed by atoms with E-state index < -0.39 is 0 Å². The van der Waals surface area contributed by atoms with Gasteiger partial charge in [0.05, 0.1) is 39.2 Å². The number of fused-ring (bicyclic) bond motifs is 6. The minimum absolute atomic E-state index is 0.0948. The van der Waals surface area contributed by atoms with Gasteiger partial charge < -0.3 is 5.73 Å². The molecule has 0 bridgehead atoms. The van der Waals surface area contributed by atoms with Crippen LogP contribution in [-0.2, 0) is 25.7 Å². The number of hydrogen-bond donors (Lipinski definition) is 1. The third-order valence-electron chi connectivity index (χ3n) is 10.7. The van der Waals surface area contributed by atoms with Gasteiger partial charge in [-0.1, -0.05) is 133 Å². The van der Waals surface area contributed by atoms with Crippen molar-refractivity contribution < 1.29 is 4.79 Å². The SMILES string of the molecule is CCCC(=Nc1c(CC)cccc1CC)c1ccc2ccc3cccnc3c2n1.CCCC(=O)c1ccc2ccc3cccnc3c2n1.CCc1cccc(CC)c1N. The number of benzene rings is 4. The Bertz CT molecular complexity index is 2690. The minimum atomic E-state index is 0.0948. The number of aliphatic imine (C=N–C) groups is 1. The van der Waals surface area contributed by atoms with Crippen molar-refractivity contribution in [1.29, 1.82) is 0 Å². The fourth-order valence-electron chi connectivity index (χ4n) is 7.37. The summed E-state index contributed by atoms with van der Waals surface area (Å²) in [6, 6.07) is 37.0. The van der Waals surface area contributed by atoms with E-state index in [0.717, 1.165) is 111 Å². The van der Waals surface area contributed by atoms with Crippen LogP contribution in [0.2, 0.25) is 0 Å². The third-order valence-corrected chi connectivity index (χ3v) is 10.7. The van der Waals surface area contributed by atoms with Gasteiger partial charge in [-0.15, -0.1) is 0 Å². The minimum Gasteiger partial charge on any atom is -0.398 e. The van der Waals surface area contributed by atoms with Crippen LogP contribution < -0.4 is 5.73 Å². The number of nitrogens with two attached hydrogens (primary N) is 1. The van der Waals surface area contributed by atoms with Crippen LogP contribution in [0.25, 0.3) is 43.6 Å². The molecule has 7 heteroatoms. The van der Waals surface area contributed by atoms with Crippen molar-refractivity contribution in [2.24, 2.45) is 4.99 Å². The van der Waals surface area contributed by atoms with E-state index in [1.165, 1.54) is 22.3 Å². The van der Waals surface area contributed by atoms with E-state index in [1.54, 1.807) is 12.3 Å². The van der Waals surface area contributed by atoms with E-state index in [2.05, 4.69) is 116 Å². The molecule has 0 unspecified atom stereocenters. The average Bonchev–Trinajstić information content (AvgIpc) is 3.29. The van der Waals surface area contributed by atoms with Crippen LogP contribution in [-0.4, -0.2) is 31.4 Å². The zero-order valence-corrected chi connectivity index (χ0v) is 35.4. The molecule has 8 rings (SSSR count). The van der Waals surface area contributed by atoms with Gasteiger partial charge in [0, 0.05) is 46.0 Å². The fraction of sp³-hybridized carbons (Fsp3) is 0.269. The van der Waals surface area contributed by atoms with Crippen molar-refractivity contribution >= 4 is 66.5 Å². The predicted molar refractivity (Wildman–Crippen MR) is 249 cm³/mol. The number of nitrogens with zero attached hydrogens (tertiary/aromatic N) is 5. The Labute approximate surface area is 348 Å². The summed E-state index contributed by atoms with van der Waals surface area (Å²) >= 11 is 0. The fourth-order valence-corrected chi connectivity index (χ4v) is 7.37. The van der Waals surface area contributed by atoms with Gasteiger partial charge in [0.1, 0.15) is 5.69 Å². The van der Waals surface area contributed by atoms with Gasteiger partial charge in [-0.05, 0) is 85.0 Å². The molecule has 0 aliphatic heterocycles. The zero-order chi connectivity index (χ0) is 41.7. The number of carbonyl (C=O) groups excluding carboxylic acids is 1. The highest BCUT2D eigenvalue weighted by Crippen LogP contribution is 2.29. The number of pyridine rings is 4. The average molecular weight is 781 g/mol. The summed E-state index contributed by atoms with van der Waals surface area (Å²) < 4.78 is 0. The Hall–Kier alpha value is -6.34. The molecule has 0 radical (unpaired) electrons. The summed E-state index contributed by atoms with van der Waals surface area (Å²) in [5.74, 6) is 0.0948. The highest BCUT2D eigenvalue weighted by atomic mass is 16.1. The molecule has 0 spiro atoms. The molecule has 0 aliphatic rings. The summed E-state index contributed by atoms with van der Waals surface area (Å²) in [6.45, 7) is 12.8. The summed E-state index contributed by atoms with van der Waals surface area (Å²) in [7, 11) is 0. The summed E-state index contributed by atoms with van der Waals surface area (Å²) in [5, 5.41) is 4.28. The van der Waals surface area contributed by atoms with E-state index in [4.69, 9.17) is 15.7 Å². The molecule has 300 valence electrons. The Morgan fingerprint density at radius 3 is 1.39 bits per heavy atom. The summed E-state index contributed by atoms with van der Waals surface area (Å²) in [5.41, 5.74) is 19.2. The first kappa shape index (κ1) is 42.3. The molecule has 0 amide bonds. The molecule has 0 atom stereocenters. The third kappa shape index (κ3) is 9.86. The predicted octanol–water partition coefficient (Wildman–Crippen LogP) is 13.0. The Morgan fingerprint density at radius 1 is 0.492 bits per heavy atom. The lowest BCUT2D eigenvalue weighted by molar-refractivity contribution is 0.0977. The van der Waals surface area contributed by atoms with Gasteiger partial charge in [0.15, 0.2) is 5.78 Å². The van der Waals surface area contributed by atoms with Crippen LogP contribution in [0.3, 0.4) is 0 Å². The van der Waals surface area contributed by atoms with Crippen LogP contribution in [0.4, 0.5) is 11.4 Å². The molecule has 2 N–H and O–H groups in total. The van der Waals surface area contributed by atoms with Crippen LogP contribution in [0.15, 0.2) is 127 Å². The number of Topliss-reactive ketones (excluding diaryl/α,β-unsaturated/α-hetero) is 1. The lowest BCUT2D eigenvalue weighted by Gasteiger charge is -2.12. The van der Waals surface area contributed by atoms with E-state index in [0.29, 0.717) is 12.1 Å². The van der Waals surface area contributed by atoms with E-state index in [1.807, 2.05) is 49.5 Å².